The van der Waals surface area contributed by atoms with Gasteiger partial charge < -0.3 is 14.0 Å². The van der Waals surface area contributed by atoms with E-state index in [1.54, 1.807) is 18.5 Å². The molecule has 1 aliphatic heterocycles. The highest BCUT2D eigenvalue weighted by atomic mass is 32.2. The Bertz CT molecular complexity index is 816. The van der Waals surface area contributed by atoms with Gasteiger partial charge in [0.25, 0.3) is 21.8 Å². The van der Waals surface area contributed by atoms with Crippen molar-refractivity contribution >= 4 is 10.0 Å². The van der Waals surface area contributed by atoms with Crippen molar-refractivity contribution in [1.82, 2.24) is 23.8 Å². The van der Waals surface area contributed by atoms with Crippen LogP contribution in [0.25, 0.3) is 0 Å². The predicted octanol–water partition coefficient (Wildman–Crippen LogP) is 0.369. The van der Waals surface area contributed by atoms with Gasteiger partial charge in [-0.1, -0.05) is 0 Å². The summed E-state index contributed by atoms with van der Waals surface area (Å²) in [5.41, 5.74) is 0. The van der Waals surface area contributed by atoms with Gasteiger partial charge >= 0.3 is 0 Å². The Labute approximate surface area is 140 Å². The van der Waals surface area contributed by atoms with Crippen LogP contribution in [-0.4, -0.2) is 58.5 Å². The number of hydrogen-bond acceptors (Lipinski definition) is 7. The van der Waals surface area contributed by atoms with E-state index in [1.807, 2.05) is 0 Å². The molecule has 2 aromatic rings. The Hall–Kier alpha value is -2.20. The van der Waals surface area contributed by atoms with E-state index in [4.69, 9.17) is 9.47 Å². The smallest absolute Gasteiger partial charge is 0.278 e. The second kappa shape index (κ2) is 6.36. The molecule has 1 fully saturated rings. The number of aromatic nitrogens is 4. The van der Waals surface area contributed by atoms with E-state index < -0.39 is 10.0 Å². The topological polar surface area (TPSA) is 99.4 Å². The molecule has 24 heavy (non-hydrogen) atoms. The Morgan fingerprint density at radius 2 is 1.96 bits per heavy atom. The Morgan fingerprint density at radius 3 is 2.58 bits per heavy atom. The van der Waals surface area contributed by atoms with Gasteiger partial charge in [0.2, 0.25) is 0 Å². The van der Waals surface area contributed by atoms with Crippen molar-refractivity contribution < 1.29 is 17.9 Å². The van der Waals surface area contributed by atoms with Gasteiger partial charge in [-0.3, -0.25) is 0 Å². The van der Waals surface area contributed by atoms with Crippen molar-refractivity contribution in [3.05, 3.63) is 24.4 Å². The van der Waals surface area contributed by atoms with Crippen LogP contribution in [0.3, 0.4) is 0 Å². The molecule has 1 saturated heterocycles. The summed E-state index contributed by atoms with van der Waals surface area (Å²) in [5, 5.41) is 0.0558. The van der Waals surface area contributed by atoms with Gasteiger partial charge in [-0.2, -0.15) is 4.31 Å². The van der Waals surface area contributed by atoms with Crippen molar-refractivity contribution in [1.29, 1.82) is 0 Å². The summed E-state index contributed by atoms with van der Waals surface area (Å²) < 4.78 is 39.2. The fraction of sp³-hybridized carbons (Fsp3) is 0.500. The average Bonchev–Trinajstić information content (AvgIpc) is 3.16. The molecule has 2 aromatic heterocycles. The van der Waals surface area contributed by atoms with Gasteiger partial charge in [0.15, 0.2) is 5.03 Å². The van der Waals surface area contributed by atoms with Crippen LogP contribution in [0.4, 0.5) is 0 Å². The quantitative estimate of drug-likeness (QED) is 0.765. The molecule has 130 valence electrons. The first-order chi connectivity index (χ1) is 11.4. The molecule has 0 radical (unpaired) electrons. The third-order valence-electron chi connectivity index (χ3n) is 3.90. The highest BCUT2D eigenvalue weighted by molar-refractivity contribution is 7.89. The Balaban J connectivity index is 1.73. The minimum atomic E-state index is -3.63. The predicted molar refractivity (Wildman–Crippen MR) is 84.3 cm³/mol. The summed E-state index contributed by atoms with van der Waals surface area (Å²) in [5.74, 6) is 1.18. The summed E-state index contributed by atoms with van der Waals surface area (Å²) in [7, 11) is -0.388. The highest BCUT2D eigenvalue weighted by Crippen LogP contribution is 2.26. The molecule has 0 aliphatic carbocycles. The maximum Gasteiger partial charge on any atom is 0.278 e. The van der Waals surface area contributed by atoms with Crippen LogP contribution >= 0.6 is 0 Å². The molecule has 3 heterocycles. The minimum Gasteiger partial charge on any atom is -0.477 e. The van der Waals surface area contributed by atoms with Crippen molar-refractivity contribution in [2.24, 2.45) is 7.05 Å². The van der Waals surface area contributed by atoms with Gasteiger partial charge in [0.1, 0.15) is 11.9 Å². The van der Waals surface area contributed by atoms with Crippen molar-refractivity contribution in [2.45, 2.75) is 24.5 Å². The van der Waals surface area contributed by atoms with Crippen LogP contribution in [0, 0.1) is 6.92 Å². The van der Waals surface area contributed by atoms with Gasteiger partial charge in [-0.25, -0.2) is 23.4 Å². The second-order valence-electron chi connectivity index (χ2n) is 5.50. The normalized spacial score (nSPS) is 18.7. The first-order valence-corrected chi connectivity index (χ1v) is 8.87. The molecule has 0 bridgehead atoms. The van der Waals surface area contributed by atoms with Crippen LogP contribution in [0.1, 0.15) is 12.2 Å². The second-order valence-corrected chi connectivity index (χ2v) is 7.38. The summed E-state index contributed by atoms with van der Waals surface area (Å²) >= 11 is 0. The fourth-order valence-electron chi connectivity index (χ4n) is 2.49. The molecule has 10 heteroatoms. The lowest BCUT2D eigenvalue weighted by molar-refractivity contribution is 0.194. The Kier molecular flexibility index (Phi) is 4.41. The van der Waals surface area contributed by atoms with Crippen LogP contribution in [0.15, 0.2) is 23.6 Å². The van der Waals surface area contributed by atoms with Gasteiger partial charge in [0, 0.05) is 32.2 Å². The first kappa shape index (κ1) is 16.7. The lowest BCUT2D eigenvalue weighted by atomic mass is 10.3. The molecule has 1 aliphatic rings. The molecule has 1 unspecified atom stereocenters. The van der Waals surface area contributed by atoms with Crippen LogP contribution in [-0.2, 0) is 17.1 Å². The monoisotopic (exact) mass is 353 g/mol. The number of aryl methyl sites for hydroxylation is 2. The van der Waals surface area contributed by atoms with E-state index in [0.717, 1.165) is 0 Å². The van der Waals surface area contributed by atoms with E-state index in [-0.39, 0.29) is 29.4 Å². The van der Waals surface area contributed by atoms with Crippen molar-refractivity contribution in [2.75, 3.05) is 20.2 Å². The fourth-order valence-corrected chi connectivity index (χ4v) is 4.00. The number of imidazole rings is 1. The van der Waals surface area contributed by atoms with Crippen LogP contribution in [0.5, 0.6) is 11.8 Å². The molecular weight excluding hydrogens is 334 g/mol. The SMILES string of the molecule is COc1nccnc1OC1CCN(S(=O)(=O)c2cn(C)c(C)n2)C1. The average molecular weight is 353 g/mol. The Morgan fingerprint density at radius 1 is 1.25 bits per heavy atom. The van der Waals surface area contributed by atoms with E-state index in [0.29, 0.717) is 18.8 Å². The lowest BCUT2D eigenvalue weighted by Crippen LogP contribution is -2.31. The van der Waals surface area contributed by atoms with Gasteiger partial charge in [0.05, 0.1) is 13.7 Å². The first-order valence-electron chi connectivity index (χ1n) is 7.43. The zero-order chi connectivity index (χ0) is 17.3. The molecule has 0 amide bonds. The number of methoxy groups -OCH3 is 1. The van der Waals surface area contributed by atoms with E-state index in [9.17, 15) is 8.42 Å². The number of ether oxygens (including phenoxy) is 2. The largest absolute Gasteiger partial charge is 0.477 e. The summed E-state index contributed by atoms with van der Waals surface area (Å²) in [4.78, 5) is 12.2. The number of rotatable bonds is 5. The highest BCUT2D eigenvalue weighted by Gasteiger charge is 2.35. The maximum absolute atomic E-state index is 12.7. The number of nitrogens with zero attached hydrogens (tertiary/aromatic N) is 5. The summed E-state index contributed by atoms with van der Waals surface area (Å²) in [6.45, 7) is 2.36. The molecule has 0 spiro atoms. The van der Waals surface area contributed by atoms with Crippen LogP contribution in [0.2, 0.25) is 0 Å². The molecule has 1 atom stereocenters. The van der Waals surface area contributed by atoms with E-state index >= 15 is 0 Å². The number of sulfonamides is 1. The summed E-state index contributed by atoms with van der Waals surface area (Å²) in [6.07, 6.45) is 4.77. The van der Waals surface area contributed by atoms with Crippen molar-refractivity contribution in [3.63, 3.8) is 0 Å². The van der Waals surface area contributed by atoms with E-state index in [1.165, 1.54) is 30.0 Å². The zero-order valence-corrected chi connectivity index (χ0v) is 14.5. The van der Waals surface area contributed by atoms with Crippen molar-refractivity contribution in [3.8, 4) is 11.8 Å². The minimum absolute atomic E-state index is 0.0558. The zero-order valence-electron chi connectivity index (χ0n) is 13.7. The molecule has 0 saturated carbocycles. The molecule has 3 rings (SSSR count). The third kappa shape index (κ3) is 3.06. The molecule has 9 nitrogen and oxygen atoms in total. The summed E-state index contributed by atoms with van der Waals surface area (Å²) in [6, 6.07) is 0. The van der Waals surface area contributed by atoms with Gasteiger partial charge in [-0.05, 0) is 13.3 Å². The molecule has 0 N–H and O–H groups in total. The third-order valence-corrected chi connectivity index (χ3v) is 5.64. The number of hydrogen-bond donors (Lipinski definition) is 0. The maximum atomic E-state index is 12.7. The van der Waals surface area contributed by atoms with Gasteiger partial charge in [-0.15, -0.1) is 0 Å². The van der Waals surface area contributed by atoms with E-state index in [2.05, 4.69) is 15.0 Å². The lowest BCUT2D eigenvalue weighted by Gasteiger charge is -2.16. The molecular formula is C14H19N5O4S. The standard InChI is InChI=1S/C14H19N5O4S/c1-10-17-12(9-18(10)2)24(20,21)19-7-4-11(8-19)23-14-13(22-3)15-5-6-16-14/h5-6,9,11H,4,7-8H2,1-3H3. The molecule has 0 aromatic carbocycles. The van der Waals surface area contributed by atoms with Crippen LogP contribution < -0.4 is 9.47 Å².